The van der Waals surface area contributed by atoms with Gasteiger partial charge in [0.1, 0.15) is 0 Å². The molecule has 3 heterocycles. The number of anilines is 1. The smallest absolute Gasteiger partial charge is 0.332 e. The van der Waals surface area contributed by atoms with Crippen molar-refractivity contribution >= 4 is 17.1 Å². The molecule has 0 saturated carbocycles. The second kappa shape index (κ2) is 6.40. The molecule has 0 spiro atoms. The van der Waals surface area contributed by atoms with Crippen molar-refractivity contribution in [1.82, 2.24) is 18.7 Å². The number of aliphatic hydroxyl groups excluding tert-OH is 2. The van der Waals surface area contributed by atoms with Crippen molar-refractivity contribution in [2.24, 2.45) is 14.1 Å². The summed E-state index contributed by atoms with van der Waals surface area (Å²) in [5, 5.41) is 19.1. The second-order valence-corrected chi connectivity index (χ2v) is 6.28. The van der Waals surface area contributed by atoms with E-state index in [1.807, 2.05) is 0 Å². The third-order valence-corrected chi connectivity index (χ3v) is 4.57. The van der Waals surface area contributed by atoms with Gasteiger partial charge in [0.25, 0.3) is 5.56 Å². The lowest BCUT2D eigenvalue weighted by Crippen LogP contribution is -2.38. The summed E-state index contributed by atoms with van der Waals surface area (Å²) < 4.78 is 4.00. The van der Waals surface area contributed by atoms with Gasteiger partial charge >= 0.3 is 5.69 Å². The zero-order valence-corrected chi connectivity index (χ0v) is 14.0. The van der Waals surface area contributed by atoms with Gasteiger partial charge < -0.3 is 19.7 Å². The van der Waals surface area contributed by atoms with Crippen LogP contribution in [0.3, 0.4) is 0 Å². The lowest BCUT2D eigenvalue weighted by atomic mass is 10.1. The summed E-state index contributed by atoms with van der Waals surface area (Å²) in [7, 11) is 2.99. The van der Waals surface area contributed by atoms with Gasteiger partial charge in [0.2, 0.25) is 5.95 Å². The lowest BCUT2D eigenvalue weighted by molar-refractivity contribution is 0.0822. The number of aryl methyl sites for hydroxylation is 1. The summed E-state index contributed by atoms with van der Waals surface area (Å²) in [5.74, 6) is 0.565. The highest BCUT2D eigenvalue weighted by Gasteiger charge is 2.24. The third kappa shape index (κ3) is 2.63. The van der Waals surface area contributed by atoms with Crippen molar-refractivity contribution in [2.45, 2.75) is 31.9 Å². The van der Waals surface area contributed by atoms with Gasteiger partial charge in [-0.2, -0.15) is 4.98 Å². The zero-order valence-electron chi connectivity index (χ0n) is 14.0. The second-order valence-electron chi connectivity index (χ2n) is 6.28. The summed E-state index contributed by atoms with van der Waals surface area (Å²) in [5.41, 5.74) is -0.319. The minimum atomic E-state index is -1.01. The van der Waals surface area contributed by atoms with Crippen LogP contribution < -0.4 is 16.1 Å². The highest BCUT2D eigenvalue weighted by atomic mass is 16.3. The molecular weight excluding hydrogens is 314 g/mol. The van der Waals surface area contributed by atoms with Gasteiger partial charge in [-0.05, 0) is 19.3 Å². The largest absolute Gasteiger partial charge is 0.394 e. The minimum absolute atomic E-state index is 0.0479. The molecule has 2 aromatic rings. The molecule has 132 valence electrons. The van der Waals surface area contributed by atoms with E-state index < -0.39 is 24.0 Å². The van der Waals surface area contributed by atoms with E-state index in [2.05, 4.69) is 9.88 Å². The van der Waals surface area contributed by atoms with Gasteiger partial charge in [0.15, 0.2) is 11.2 Å². The number of fused-ring (bicyclic) bond motifs is 1. The van der Waals surface area contributed by atoms with Crippen LogP contribution in [-0.4, -0.2) is 54.7 Å². The molecule has 9 heteroatoms. The maximum atomic E-state index is 12.6. The van der Waals surface area contributed by atoms with Crippen LogP contribution >= 0.6 is 0 Å². The first-order chi connectivity index (χ1) is 11.5. The summed E-state index contributed by atoms with van der Waals surface area (Å²) in [6, 6.07) is 0. The monoisotopic (exact) mass is 337 g/mol. The Morgan fingerprint density at radius 3 is 2.42 bits per heavy atom. The van der Waals surface area contributed by atoms with Crippen molar-refractivity contribution in [2.75, 3.05) is 24.6 Å². The van der Waals surface area contributed by atoms with Gasteiger partial charge in [-0.15, -0.1) is 0 Å². The number of piperidine rings is 1. The third-order valence-electron chi connectivity index (χ3n) is 4.57. The van der Waals surface area contributed by atoms with Gasteiger partial charge in [0.05, 0.1) is 19.3 Å². The molecule has 9 nitrogen and oxygen atoms in total. The Kier molecular flexibility index (Phi) is 4.46. The Balaban J connectivity index is 2.28. The fraction of sp³-hybridized carbons (Fsp3) is 0.667. The molecular formula is C15H23N5O4. The van der Waals surface area contributed by atoms with Crippen molar-refractivity contribution in [3.8, 4) is 0 Å². The van der Waals surface area contributed by atoms with E-state index in [1.54, 1.807) is 11.6 Å². The Morgan fingerprint density at radius 2 is 1.79 bits per heavy atom. The minimum Gasteiger partial charge on any atom is -0.394 e. The predicted octanol–water partition coefficient (Wildman–Crippen LogP) is -1.22. The Morgan fingerprint density at radius 1 is 1.12 bits per heavy atom. The molecule has 24 heavy (non-hydrogen) atoms. The van der Waals surface area contributed by atoms with Crippen LogP contribution in [0.25, 0.3) is 11.2 Å². The van der Waals surface area contributed by atoms with Crippen molar-refractivity contribution in [3.05, 3.63) is 20.8 Å². The molecule has 1 saturated heterocycles. The van der Waals surface area contributed by atoms with Gasteiger partial charge in [-0.1, -0.05) is 0 Å². The van der Waals surface area contributed by atoms with E-state index in [1.165, 1.54) is 11.6 Å². The number of rotatable bonds is 4. The number of hydrogen-bond donors (Lipinski definition) is 2. The maximum Gasteiger partial charge on any atom is 0.332 e. The van der Waals surface area contributed by atoms with Crippen molar-refractivity contribution in [3.63, 3.8) is 0 Å². The summed E-state index contributed by atoms with van der Waals surface area (Å²) in [6.07, 6.45) is 2.20. The molecule has 0 radical (unpaired) electrons. The molecule has 1 unspecified atom stereocenters. The first kappa shape index (κ1) is 16.7. The number of aromatic nitrogens is 4. The topological polar surface area (TPSA) is 106 Å². The van der Waals surface area contributed by atoms with Gasteiger partial charge in [0, 0.05) is 27.2 Å². The van der Waals surface area contributed by atoms with E-state index in [0.717, 1.165) is 36.9 Å². The molecule has 0 aromatic carbocycles. The fourth-order valence-corrected chi connectivity index (χ4v) is 3.21. The molecule has 0 aliphatic carbocycles. The number of imidazole rings is 1. The highest BCUT2D eigenvalue weighted by molar-refractivity contribution is 5.74. The Bertz CT molecular complexity index is 859. The van der Waals surface area contributed by atoms with E-state index in [4.69, 9.17) is 0 Å². The van der Waals surface area contributed by atoms with Gasteiger partial charge in [-0.3, -0.25) is 13.9 Å². The van der Waals surface area contributed by atoms with E-state index >= 15 is 0 Å². The number of hydrogen-bond acceptors (Lipinski definition) is 6. The number of aliphatic hydroxyl groups is 2. The average molecular weight is 337 g/mol. The van der Waals surface area contributed by atoms with Crippen LogP contribution in [0.2, 0.25) is 0 Å². The van der Waals surface area contributed by atoms with E-state index in [0.29, 0.717) is 11.6 Å². The van der Waals surface area contributed by atoms with Crippen LogP contribution in [0.15, 0.2) is 9.59 Å². The molecule has 0 bridgehead atoms. The fourth-order valence-electron chi connectivity index (χ4n) is 3.21. The van der Waals surface area contributed by atoms with Crippen molar-refractivity contribution in [1.29, 1.82) is 0 Å². The molecule has 2 aromatic heterocycles. The number of nitrogens with zero attached hydrogens (tertiary/aromatic N) is 5. The average Bonchev–Trinajstić information content (AvgIpc) is 2.98. The Labute approximate surface area is 138 Å². The molecule has 2 N–H and O–H groups in total. The van der Waals surface area contributed by atoms with Crippen LogP contribution in [0.5, 0.6) is 0 Å². The lowest BCUT2D eigenvalue weighted by Gasteiger charge is -2.28. The quantitative estimate of drug-likeness (QED) is 0.724. The van der Waals surface area contributed by atoms with Crippen LogP contribution in [0, 0.1) is 0 Å². The van der Waals surface area contributed by atoms with Crippen molar-refractivity contribution < 1.29 is 10.2 Å². The molecule has 3 rings (SSSR count). The van der Waals surface area contributed by atoms with E-state index in [9.17, 15) is 19.8 Å². The Hall–Kier alpha value is -2.13. The standard InChI is InChI=1S/C15H23N5O4/c1-17-12-11(13(23)18(2)15(17)24)20(8-10(22)9-21)14(16-12)19-6-4-3-5-7-19/h10,21-22H,3-9H2,1-2H3. The summed E-state index contributed by atoms with van der Waals surface area (Å²) in [6.45, 7) is 1.26. The highest BCUT2D eigenvalue weighted by Crippen LogP contribution is 2.23. The SMILES string of the molecule is Cn1c(=O)c2c(nc(N3CCCCC3)n2CC(O)CO)n(C)c1=O. The zero-order chi connectivity index (χ0) is 17.4. The van der Waals surface area contributed by atoms with Crippen LogP contribution in [-0.2, 0) is 20.6 Å². The normalized spacial score (nSPS) is 16.8. The van der Waals surface area contributed by atoms with E-state index in [-0.39, 0.29) is 12.1 Å². The molecule has 1 atom stereocenters. The first-order valence-corrected chi connectivity index (χ1v) is 8.15. The molecule has 0 amide bonds. The predicted molar refractivity (Wildman–Crippen MR) is 89.4 cm³/mol. The molecule has 1 aliphatic rings. The van der Waals surface area contributed by atoms with Crippen LogP contribution in [0.4, 0.5) is 5.95 Å². The van der Waals surface area contributed by atoms with Gasteiger partial charge in [-0.25, -0.2) is 4.79 Å². The van der Waals surface area contributed by atoms with Crippen LogP contribution in [0.1, 0.15) is 19.3 Å². The summed E-state index contributed by atoms with van der Waals surface area (Å²) >= 11 is 0. The maximum absolute atomic E-state index is 12.6. The molecule has 1 fully saturated rings. The first-order valence-electron chi connectivity index (χ1n) is 8.15. The summed E-state index contributed by atoms with van der Waals surface area (Å²) in [4.78, 5) is 31.4. The molecule has 1 aliphatic heterocycles.